The fraction of sp³-hybridized carbons (Fsp3) is 0.238. The highest BCUT2D eigenvalue weighted by Crippen LogP contribution is 2.31. The van der Waals surface area contributed by atoms with E-state index >= 15 is 0 Å². The highest BCUT2D eigenvalue weighted by Gasteiger charge is 2.16. The second kappa shape index (κ2) is 8.08. The average Bonchev–Trinajstić information content (AvgIpc) is 3.25. The van der Waals surface area contributed by atoms with Gasteiger partial charge in [0.05, 0.1) is 11.9 Å². The molecule has 1 aliphatic heterocycles. The molecule has 2 aromatic heterocycles. The van der Waals surface area contributed by atoms with E-state index in [2.05, 4.69) is 15.2 Å². The van der Waals surface area contributed by atoms with Gasteiger partial charge in [0.1, 0.15) is 11.5 Å². The molecule has 0 saturated carbocycles. The van der Waals surface area contributed by atoms with Crippen LogP contribution < -0.4 is 16.0 Å². The van der Waals surface area contributed by atoms with Gasteiger partial charge in [-0.1, -0.05) is 6.07 Å². The summed E-state index contributed by atoms with van der Waals surface area (Å²) >= 11 is 1.45. The third-order valence-corrected chi connectivity index (χ3v) is 5.79. The highest BCUT2D eigenvalue weighted by molar-refractivity contribution is 7.13. The zero-order chi connectivity index (χ0) is 19.5. The zero-order valence-electron chi connectivity index (χ0n) is 15.3. The van der Waals surface area contributed by atoms with E-state index in [-0.39, 0.29) is 23.7 Å². The standard InChI is InChI=1S/C21H21FN4OS/c22-17-12-18(23)14(10-16(17)21-2-1-9-28-21)11-20(27)19-4-3-15(13-25-19)26-7-5-24-6-8-26/h1-4,9-10,12-13,24H,5-8,11,23H2. The second-order valence-electron chi connectivity index (χ2n) is 6.75. The Hall–Kier alpha value is -2.77. The van der Waals surface area contributed by atoms with Gasteiger partial charge in [0.2, 0.25) is 0 Å². The van der Waals surface area contributed by atoms with Crippen molar-refractivity contribution in [2.24, 2.45) is 0 Å². The summed E-state index contributed by atoms with van der Waals surface area (Å²) in [5.74, 6) is -0.517. The van der Waals surface area contributed by atoms with E-state index in [4.69, 9.17) is 5.73 Å². The summed E-state index contributed by atoms with van der Waals surface area (Å²) in [5, 5.41) is 5.20. The van der Waals surface area contributed by atoms with Gasteiger partial charge in [-0.25, -0.2) is 4.39 Å². The number of aromatic nitrogens is 1. The number of Topliss-reactive ketones (excluding diaryl/α,β-unsaturated/α-hetero) is 1. The predicted molar refractivity (Wildman–Crippen MR) is 111 cm³/mol. The first-order valence-electron chi connectivity index (χ1n) is 9.18. The summed E-state index contributed by atoms with van der Waals surface area (Å²) in [6.07, 6.45) is 1.83. The predicted octanol–water partition coefficient (Wildman–Crippen LogP) is 3.37. The van der Waals surface area contributed by atoms with Crippen LogP contribution >= 0.6 is 11.3 Å². The summed E-state index contributed by atoms with van der Waals surface area (Å²) in [7, 11) is 0. The molecule has 0 amide bonds. The highest BCUT2D eigenvalue weighted by atomic mass is 32.1. The molecule has 0 unspecified atom stereocenters. The SMILES string of the molecule is Nc1cc(F)c(-c2cccs2)cc1CC(=O)c1ccc(N2CCNCC2)cn1. The Morgan fingerprint density at radius 3 is 2.75 bits per heavy atom. The number of nitrogens with zero attached hydrogens (tertiary/aromatic N) is 2. The fourth-order valence-corrected chi connectivity index (χ4v) is 4.08. The quantitative estimate of drug-likeness (QED) is 0.511. The van der Waals surface area contributed by atoms with Gasteiger partial charge in [0, 0.05) is 48.7 Å². The summed E-state index contributed by atoms with van der Waals surface area (Å²) in [6.45, 7) is 3.73. The normalized spacial score (nSPS) is 14.2. The van der Waals surface area contributed by atoms with Crippen molar-refractivity contribution in [1.29, 1.82) is 0 Å². The monoisotopic (exact) mass is 396 g/mol. The van der Waals surface area contributed by atoms with E-state index in [1.165, 1.54) is 17.4 Å². The Labute approximate surface area is 167 Å². The molecule has 4 rings (SSSR count). The molecule has 0 spiro atoms. The maximum Gasteiger partial charge on any atom is 0.185 e. The fourth-order valence-electron chi connectivity index (χ4n) is 3.33. The zero-order valence-corrected chi connectivity index (χ0v) is 16.1. The molecular weight excluding hydrogens is 375 g/mol. The van der Waals surface area contributed by atoms with Crippen LogP contribution in [0, 0.1) is 5.82 Å². The largest absolute Gasteiger partial charge is 0.398 e. The number of rotatable bonds is 5. The summed E-state index contributed by atoms with van der Waals surface area (Å²) in [6, 6.07) is 10.4. The lowest BCUT2D eigenvalue weighted by atomic mass is 10.0. The number of carbonyl (C=O) groups excluding carboxylic acids is 1. The number of pyridine rings is 1. The molecule has 1 saturated heterocycles. The van der Waals surface area contributed by atoms with Gasteiger partial charge in [-0.15, -0.1) is 11.3 Å². The molecule has 1 fully saturated rings. The van der Waals surface area contributed by atoms with E-state index < -0.39 is 0 Å². The van der Waals surface area contributed by atoms with Crippen molar-refractivity contribution >= 4 is 28.5 Å². The molecule has 28 heavy (non-hydrogen) atoms. The van der Waals surface area contributed by atoms with Crippen LogP contribution in [0.4, 0.5) is 15.8 Å². The van der Waals surface area contributed by atoms with Crippen LogP contribution in [0.15, 0.2) is 48.0 Å². The van der Waals surface area contributed by atoms with Crippen molar-refractivity contribution < 1.29 is 9.18 Å². The molecule has 0 radical (unpaired) electrons. The lowest BCUT2D eigenvalue weighted by Crippen LogP contribution is -2.43. The van der Waals surface area contributed by atoms with Crippen molar-refractivity contribution in [1.82, 2.24) is 10.3 Å². The van der Waals surface area contributed by atoms with Crippen molar-refractivity contribution in [2.75, 3.05) is 36.8 Å². The lowest BCUT2D eigenvalue weighted by molar-refractivity contribution is 0.0988. The van der Waals surface area contributed by atoms with Gasteiger partial charge >= 0.3 is 0 Å². The lowest BCUT2D eigenvalue weighted by Gasteiger charge is -2.29. The number of nitrogens with two attached hydrogens (primary N) is 1. The van der Waals surface area contributed by atoms with E-state index in [0.717, 1.165) is 36.7 Å². The number of thiophene rings is 1. The number of nitrogen functional groups attached to an aromatic ring is 1. The molecule has 3 N–H and O–H groups in total. The van der Waals surface area contributed by atoms with Crippen LogP contribution in [-0.2, 0) is 6.42 Å². The molecule has 1 aliphatic rings. The van der Waals surface area contributed by atoms with Crippen LogP contribution in [0.5, 0.6) is 0 Å². The third kappa shape index (κ3) is 3.90. The average molecular weight is 396 g/mol. The molecule has 144 valence electrons. The number of ketones is 1. The van der Waals surface area contributed by atoms with E-state index in [9.17, 15) is 9.18 Å². The van der Waals surface area contributed by atoms with Gasteiger partial charge in [-0.3, -0.25) is 9.78 Å². The van der Waals surface area contributed by atoms with Crippen molar-refractivity contribution in [2.45, 2.75) is 6.42 Å². The van der Waals surface area contributed by atoms with E-state index in [1.54, 1.807) is 18.3 Å². The minimum Gasteiger partial charge on any atom is -0.398 e. The van der Waals surface area contributed by atoms with Gasteiger partial charge < -0.3 is 16.0 Å². The topological polar surface area (TPSA) is 71.2 Å². The molecule has 0 atom stereocenters. The van der Waals surface area contributed by atoms with E-state index in [0.29, 0.717) is 16.8 Å². The van der Waals surface area contributed by atoms with Gasteiger partial charge in [-0.2, -0.15) is 0 Å². The smallest absolute Gasteiger partial charge is 0.185 e. The Morgan fingerprint density at radius 1 is 1.25 bits per heavy atom. The Balaban J connectivity index is 1.52. The van der Waals surface area contributed by atoms with Crippen molar-refractivity contribution in [3.05, 3.63) is 65.0 Å². The van der Waals surface area contributed by atoms with Crippen molar-refractivity contribution in [3.63, 3.8) is 0 Å². The Bertz CT molecular complexity index is 967. The second-order valence-corrected chi connectivity index (χ2v) is 7.69. The van der Waals surface area contributed by atoms with Crippen LogP contribution in [-0.4, -0.2) is 36.9 Å². The molecule has 0 bridgehead atoms. The molecule has 5 nitrogen and oxygen atoms in total. The van der Waals surface area contributed by atoms with Crippen LogP contribution in [0.25, 0.3) is 10.4 Å². The Kier molecular flexibility index (Phi) is 5.36. The number of anilines is 2. The number of benzene rings is 1. The molecule has 3 heterocycles. The van der Waals surface area contributed by atoms with Gasteiger partial charge in [0.25, 0.3) is 0 Å². The maximum absolute atomic E-state index is 14.3. The molecule has 3 aromatic rings. The molecule has 0 aliphatic carbocycles. The van der Waals surface area contributed by atoms with Crippen LogP contribution in [0.1, 0.15) is 16.1 Å². The van der Waals surface area contributed by atoms with Crippen molar-refractivity contribution in [3.8, 4) is 10.4 Å². The third-order valence-electron chi connectivity index (χ3n) is 4.88. The minimum atomic E-state index is -0.380. The Morgan fingerprint density at radius 2 is 2.07 bits per heavy atom. The van der Waals surface area contributed by atoms with Crippen LogP contribution in [0.2, 0.25) is 0 Å². The number of carbonyl (C=O) groups is 1. The molecule has 7 heteroatoms. The first-order chi connectivity index (χ1) is 13.6. The summed E-state index contributed by atoms with van der Waals surface area (Å²) in [5.41, 5.74) is 8.73. The summed E-state index contributed by atoms with van der Waals surface area (Å²) < 4.78 is 14.3. The maximum atomic E-state index is 14.3. The van der Waals surface area contributed by atoms with Crippen LogP contribution in [0.3, 0.4) is 0 Å². The number of hydrogen-bond donors (Lipinski definition) is 2. The number of piperazine rings is 1. The number of nitrogens with one attached hydrogen (secondary N) is 1. The summed E-state index contributed by atoms with van der Waals surface area (Å²) in [4.78, 5) is 20.1. The molecular formula is C21H21FN4OS. The van der Waals surface area contributed by atoms with E-state index in [1.807, 2.05) is 23.6 Å². The molecule has 1 aromatic carbocycles. The number of hydrogen-bond acceptors (Lipinski definition) is 6. The van der Waals surface area contributed by atoms with Gasteiger partial charge in [-0.05, 0) is 41.3 Å². The first-order valence-corrected chi connectivity index (χ1v) is 10.1. The number of halogens is 1. The first kappa shape index (κ1) is 18.6. The minimum absolute atomic E-state index is 0.0878. The van der Waals surface area contributed by atoms with Gasteiger partial charge in [0.15, 0.2) is 5.78 Å².